The van der Waals surface area contributed by atoms with Gasteiger partial charge in [-0.1, -0.05) is 29.8 Å². The van der Waals surface area contributed by atoms with E-state index in [2.05, 4.69) is 43.4 Å². The second kappa shape index (κ2) is 7.29. The molecule has 19 heavy (non-hydrogen) atoms. The molecule has 0 saturated heterocycles. The molecule has 1 amide bonds. The Morgan fingerprint density at radius 1 is 1.16 bits per heavy atom. The lowest BCUT2D eigenvalue weighted by Crippen LogP contribution is -2.45. The number of amides is 1. The Bertz CT molecular complexity index is 396. The molecule has 3 heteroatoms. The Morgan fingerprint density at radius 3 is 2.16 bits per heavy atom. The summed E-state index contributed by atoms with van der Waals surface area (Å²) in [6.45, 7) is 11.7. The summed E-state index contributed by atoms with van der Waals surface area (Å²) in [4.78, 5) is 14.1. The van der Waals surface area contributed by atoms with Gasteiger partial charge in [0.2, 0.25) is 5.91 Å². The molecule has 1 N–H and O–H groups in total. The highest BCUT2D eigenvalue weighted by Crippen LogP contribution is 2.14. The Balaban J connectivity index is 2.63. The highest BCUT2D eigenvalue weighted by Gasteiger charge is 2.19. The summed E-state index contributed by atoms with van der Waals surface area (Å²) in [5.74, 6) is 0.170. The quantitative estimate of drug-likeness (QED) is 0.855. The average Bonchev–Trinajstić information content (AvgIpc) is 2.40. The van der Waals surface area contributed by atoms with Crippen LogP contribution in [0.3, 0.4) is 0 Å². The Hall–Kier alpha value is -1.35. The first-order chi connectivity index (χ1) is 8.99. The molecule has 3 nitrogen and oxygen atoms in total. The molecule has 0 aliphatic heterocycles. The first-order valence-corrected chi connectivity index (χ1v) is 7.11. The van der Waals surface area contributed by atoms with Crippen molar-refractivity contribution in [3.63, 3.8) is 0 Å². The molecule has 1 aromatic carbocycles. The van der Waals surface area contributed by atoms with Crippen molar-refractivity contribution in [3.8, 4) is 0 Å². The van der Waals surface area contributed by atoms with E-state index in [-0.39, 0.29) is 18.0 Å². The zero-order chi connectivity index (χ0) is 14.4. The van der Waals surface area contributed by atoms with Crippen molar-refractivity contribution in [3.05, 3.63) is 35.4 Å². The van der Waals surface area contributed by atoms with E-state index in [4.69, 9.17) is 0 Å². The summed E-state index contributed by atoms with van der Waals surface area (Å²) >= 11 is 0. The standard InChI is InChI=1S/C16H26N2O/c1-6-18(7-2)16(19)14(5)17-13(4)15-10-8-12(3)9-11-15/h8-11,13-14,17H,6-7H2,1-5H3/t13-,14?/m1/s1. The molecule has 0 aliphatic rings. The average molecular weight is 262 g/mol. The van der Waals surface area contributed by atoms with Gasteiger partial charge in [0.15, 0.2) is 0 Å². The van der Waals surface area contributed by atoms with Gasteiger partial charge >= 0.3 is 0 Å². The van der Waals surface area contributed by atoms with Gasteiger partial charge in [0.1, 0.15) is 0 Å². The van der Waals surface area contributed by atoms with Crippen molar-refractivity contribution < 1.29 is 4.79 Å². The van der Waals surface area contributed by atoms with Crippen LogP contribution < -0.4 is 5.32 Å². The van der Waals surface area contributed by atoms with Crippen molar-refractivity contribution in [1.82, 2.24) is 10.2 Å². The third kappa shape index (κ3) is 4.35. The smallest absolute Gasteiger partial charge is 0.239 e. The second-order valence-corrected chi connectivity index (χ2v) is 5.03. The molecule has 106 valence electrons. The summed E-state index contributed by atoms with van der Waals surface area (Å²) in [6.07, 6.45) is 0. The molecule has 0 heterocycles. The minimum atomic E-state index is -0.156. The third-order valence-electron chi connectivity index (χ3n) is 3.52. The Kier molecular flexibility index (Phi) is 6.03. The SMILES string of the molecule is CCN(CC)C(=O)C(C)N[C@H](C)c1ccc(C)cc1. The van der Waals surface area contributed by atoms with Gasteiger partial charge in [-0.05, 0) is 40.2 Å². The minimum Gasteiger partial charge on any atom is -0.342 e. The fourth-order valence-corrected chi connectivity index (χ4v) is 2.21. The first-order valence-electron chi connectivity index (χ1n) is 7.11. The number of nitrogens with one attached hydrogen (secondary N) is 1. The van der Waals surface area contributed by atoms with Crippen LogP contribution in [-0.2, 0) is 4.79 Å². The molecule has 0 aliphatic carbocycles. The van der Waals surface area contributed by atoms with E-state index >= 15 is 0 Å². The molecular formula is C16H26N2O. The van der Waals surface area contributed by atoms with Crippen LogP contribution in [-0.4, -0.2) is 29.9 Å². The van der Waals surface area contributed by atoms with Crippen molar-refractivity contribution >= 4 is 5.91 Å². The van der Waals surface area contributed by atoms with Crippen LogP contribution in [0.2, 0.25) is 0 Å². The number of rotatable bonds is 6. The third-order valence-corrected chi connectivity index (χ3v) is 3.52. The molecular weight excluding hydrogens is 236 g/mol. The zero-order valence-electron chi connectivity index (χ0n) is 12.7. The predicted molar refractivity (Wildman–Crippen MR) is 80.1 cm³/mol. The van der Waals surface area contributed by atoms with Gasteiger partial charge in [-0.2, -0.15) is 0 Å². The number of likely N-dealkylation sites (N-methyl/N-ethyl adjacent to an activating group) is 1. The Morgan fingerprint density at radius 2 is 1.68 bits per heavy atom. The molecule has 0 aromatic heterocycles. The van der Waals surface area contributed by atoms with Gasteiger partial charge in [0.25, 0.3) is 0 Å². The van der Waals surface area contributed by atoms with Gasteiger partial charge in [-0.25, -0.2) is 0 Å². The van der Waals surface area contributed by atoms with Gasteiger partial charge < -0.3 is 4.90 Å². The maximum atomic E-state index is 12.2. The summed E-state index contributed by atoms with van der Waals surface area (Å²) in [7, 11) is 0. The lowest BCUT2D eigenvalue weighted by atomic mass is 10.1. The lowest BCUT2D eigenvalue weighted by Gasteiger charge is -2.26. The molecule has 1 aromatic rings. The fourth-order valence-electron chi connectivity index (χ4n) is 2.21. The second-order valence-electron chi connectivity index (χ2n) is 5.03. The topological polar surface area (TPSA) is 32.3 Å². The molecule has 0 spiro atoms. The number of aryl methyl sites for hydroxylation is 1. The number of carbonyl (C=O) groups excluding carboxylic acids is 1. The predicted octanol–water partition coefficient (Wildman–Crippen LogP) is 2.90. The van der Waals surface area contributed by atoms with E-state index in [1.807, 2.05) is 25.7 Å². The van der Waals surface area contributed by atoms with E-state index in [0.29, 0.717) is 0 Å². The van der Waals surface area contributed by atoms with Crippen molar-refractivity contribution in [1.29, 1.82) is 0 Å². The maximum Gasteiger partial charge on any atom is 0.239 e. The monoisotopic (exact) mass is 262 g/mol. The first kappa shape index (κ1) is 15.7. The van der Waals surface area contributed by atoms with E-state index in [0.717, 1.165) is 13.1 Å². The minimum absolute atomic E-state index is 0.156. The molecule has 0 fully saturated rings. The summed E-state index contributed by atoms with van der Waals surface area (Å²) in [6, 6.07) is 8.45. The van der Waals surface area contributed by atoms with Gasteiger partial charge in [0.05, 0.1) is 6.04 Å². The summed E-state index contributed by atoms with van der Waals surface area (Å²) in [5, 5.41) is 3.37. The zero-order valence-corrected chi connectivity index (χ0v) is 12.7. The highest BCUT2D eigenvalue weighted by molar-refractivity contribution is 5.81. The van der Waals surface area contributed by atoms with Gasteiger partial charge in [-0.15, -0.1) is 0 Å². The molecule has 0 saturated carbocycles. The number of benzene rings is 1. The highest BCUT2D eigenvalue weighted by atomic mass is 16.2. The van der Waals surface area contributed by atoms with Crippen molar-refractivity contribution in [2.24, 2.45) is 0 Å². The fraction of sp³-hybridized carbons (Fsp3) is 0.562. The number of carbonyl (C=O) groups is 1. The normalized spacial score (nSPS) is 13.9. The number of hydrogen-bond donors (Lipinski definition) is 1. The van der Waals surface area contributed by atoms with Crippen LogP contribution in [0.15, 0.2) is 24.3 Å². The number of hydrogen-bond acceptors (Lipinski definition) is 2. The van der Waals surface area contributed by atoms with Crippen molar-refractivity contribution in [2.75, 3.05) is 13.1 Å². The maximum absolute atomic E-state index is 12.2. The van der Waals surface area contributed by atoms with Crippen LogP contribution in [0, 0.1) is 6.92 Å². The molecule has 1 unspecified atom stereocenters. The van der Waals surface area contributed by atoms with Crippen molar-refractivity contribution in [2.45, 2.75) is 46.7 Å². The molecule has 0 radical (unpaired) electrons. The molecule has 2 atom stereocenters. The van der Waals surface area contributed by atoms with Crippen LogP contribution in [0.4, 0.5) is 0 Å². The summed E-state index contributed by atoms with van der Waals surface area (Å²) in [5.41, 5.74) is 2.47. The van der Waals surface area contributed by atoms with Gasteiger partial charge in [0, 0.05) is 19.1 Å². The lowest BCUT2D eigenvalue weighted by molar-refractivity contribution is -0.132. The number of nitrogens with zero attached hydrogens (tertiary/aromatic N) is 1. The van der Waals surface area contributed by atoms with E-state index < -0.39 is 0 Å². The Labute approximate surface area is 117 Å². The van der Waals surface area contributed by atoms with Gasteiger partial charge in [-0.3, -0.25) is 10.1 Å². The van der Waals surface area contributed by atoms with Crippen LogP contribution >= 0.6 is 0 Å². The van der Waals surface area contributed by atoms with E-state index in [9.17, 15) is 4.79 Å². The largest absolute Gasteiger partial charge is 0.342 e. The van der Waals surface area contributed by atoms with Crippen LogP contribution in [0.25, 0.3) is 0 Å². The molecule has 0 bridgehead atoms. The van der Waals surface area contributed by atoms with E-state index in [1.165, 1.54) is 11.1 Å². The molecule has 1 rings (SSSR count). The van der Waals surface area contributed by atoms with Crippen LogP contribution in [0.1, 0.15) is 44.9 Å². The van der Waals surface area contributed by atoms with Crippen LogP contribution in [0.5, 0.6) is 0 Å². The van der Waals surface area contributed by atoms with E-state index in [1.54, 1.807) is 0 Å². The summed E-state index contributed by atoms with van der Waals surface area (Å²) < 4.78 is 0.